The van der Waals surface area contributed by atoms with Crippen molar-refractivity contribution in [1.29, 1.82) is 0 Å². The van der Waals surface area contributed by atoms with E-state index in [2.05, 4.69) is 17.4 Å². The van der Waals surface area contributed by atoms with Crippen molar-refractivity contribution < 1.29 is 14.3 Å². The Balaban J connectivity index is 1.72. The Hall–Kier alpha value is -2.14. The Bertz CT molecular complexity index is 619. The fraction of sp³-hybridized carbons (Fsp3) is 0.278. The van der Waals surface area contributed by atoms with E-state index in [-0.39, 0.29) is 5.91 Å². The maximum Gasteiger partial charge on any atom is 0.260 e. The molecule has 2 aromatic carbocycles. The van der Waals surface area contributed by atoms with Gasteiger partial charge >= 0.3 is 0 Å². The van der Waals surface area contributed by atoms with Crippen molar-refractivity contribution in [3.8, 4) is 11.5 Å². The van der Waals surface area contributed by atoms with Crippen molar-refractivity contribution in [2.45, 2.75) is 17.9 Å². The highest BCUT2D eigenvalue weighted by molar-refractivity contribution is 7.99. The molecule has 4 nitrogen and oxygen atoms in total. The van der Waals surface area contributed by atoms with E-state index in [9.17, 15) is 4.79 Å². The van der Waals surface area contributed by atoms with Gasteiger partial charge in [-0.05, 0) is 31.2 Å². The predicted molar refractivity (Wildman–Crippen MR) is 93.3 cm³/mol. The molecule has 5 heteroatoms. The molecule has 0 saturated carbocycles. The van der Waals surface area contributed by atoms with Crippen molar-refractivity contribution in [2.24, 2.45) is 0 Å². The van der Waals surface area contributed by atoms with Gasteiger partial charge in [-0.3, -0.25) is 4.79 Å². The maximum absolute atomic E-state index is 12.0. The first-order valence-corrected chi connectivity index (χ1v) is 8.44. The van der Waals surface area contributed by atoms with E-state index in [0.717, 1.165) is 5.75 Å². The first-order chi connectivity index (χ1) is 11.2. The molecule has 2 rings (SSSR count). The normalized spacial score (nSPS) is 11.6. The Kier molecular flexibility index (Phi) is 6.81. The third-order valence-corrected chi connectivity index (χ3v) is 4.15. The predicted octanol–water partition coefficient (Wildman–Crippen LogP) is 3.37. The van der Waals surface area contributed by atoms with Crippen LogP contribution in [0.5, 0.6) is 11.5 Å². The summed E-state index contributed by atoms with van der Waals surface area (Å²) >= 11 is 1.71. The molecule has 122 valence electrons. The lowest BCUT2D eigenvalue weighted by Crippen LogP contribution is -2.37. The molecular formula is C18H21NO3S. The quantitative estimate of drug-likeness (QED) is 0.595. The molecule has 0 aliphatic heterocycles. The molecule has 2 aromatic rings. The zero-order chi connectivity index (χ0) is 16.5. The number of amides is 1. The van der Waals surface area contributed by atoms with Gasteiger partial charge in [-0.1, -0.05) is 24.3 Å². The standard InChI is InChI=1S/C18H21NO3S/c1-14(22-16-8-6-7-15(13-16)21-2)18(20)19-11-12-23-17-9-4-3-5-10-17/h3-10,13-14H,11-12H2,1-2H3,(H,19,20)/t14-/m0/s1. The van der Waals surface area contributed by atoms with Gasteiger partial charge in [0.05, 0.1) is 7.11 Å². The highest BCUT2D eigenvalue weighted by Gasteiger charge is 2.14. The molecule has 0 aromatic heterocycles. The number of methoxy groups -OCH3 is 1. The van der Waals surface area contributed by atoms with Gasteiger partial charge in [-0.15, -0.1) is 11.8 Å². The second-order valence-electron chi connectivity index (χ2n) is 4.89. The molecule has 1 amide bonds. The average Bonchev–Trinajstić information content (AvgIpc) is 2.59. The lowest BCUT2D eigenvalue weighted by Gasteiger charge is -2.15. The van der Waals surface area contributed by atoms with Gasteiger partial charge in [0.25, 0.3) is 5.91 Å². The largest absolute Gasteiger partial charge is 0.497 e. The first-order valence-electron chi connectivity index (χ1n) is 7.45. The molecule has 0 aliphatic carbocycles. The molecule has 0 aliphatic rings. The maximum atomic E-state index is 12.0. The monoisotopic (exact) mass is 331 g/mol. The molecular weight excluding hydrogens is 310 g/mol. The molecule has 0 heterocycles. The Morgan fingerprint density at radius 1 is 1.13 bits per heavy atom. The van der Waals surface area contributed by atoms with Crippen molar-refractivity contribution in [3.63, 3.8) is 0 Å². The highest BCUT2D eigenvalue weighted by atomic mass is 32.2. The van der Waals surface area contributed by atoms with Crippen LogP contribution in [0.15, 0.2) is 59.5 Å². The Morgan fingerprint density at radius 3 is 2.61 bits per heavy atom. The van der Waals surface area contributed by atoms with Crippen molar-refractivity contribution >= 4 is 17.7 Å². The summed E-state index contributed by atoms with van der Waals surface area (Å²) in [7, 11) is 1.60. The fourth-order valence-corrected chi connectivity index (χ4v) is 2.73. The molecule has 1 atom stereocenters. The summed E-state index contributed by atoms with van der Waals surface area (Å²) in [5, 5.41) is 2.89. The topological polar surface area (TPSA) is 47.6 Å². The third-order valence-electron chi connectivity index (χ3n) is 3.14. The summed E-state index contributed by atoms with van der Waals surface area (Å²) in [6, 6.07) is 17.3. The minimum Gasteiger partial charge on any atom is -0.497 e. The number of thioether (sulfide) groups is 1. The van der Waals surface area contributed by atoms with Crippen LogP contribution in [0.4, 0.5) is 0 Å². The number of rotatable bonds is 8. The van der Waals surface area contributed by atoms with Crippen LogP contribution in [-0.2, 0) is 4.79 Å². The van der Waals surface area contributed by atoms with Gasteiger partial charge in [-0.2, -0.15) is 0 Å². The van der Waals surface area contributed by atoms with E-state index in [1.54, 1.807) is 37.9 Å². The highest BCUT2D eigenvalue weighted by Crippen LogP contribution is 2.20. The van der Waals surface area contributed by atoms with E-state index in [1.165, 1.54) is 4.90 Å². The van der Waals surface area contributed by atoms with Gasteiger partial charge in [0.1, 0.15) is 11.5 Å². The van der Waals surface area contributed by atoms with Gasteiger partial charge in [-0.25, -0.2) is 0 Å². The molecule has 0 radical (unpaired) electrons. The number of hydrogen-bond acceptors (Lipinski definition) is 4. The van der Waals surface area contributed by atoms with Crippen LogP contribution in [0, 0.1) is 0 Å². The van der Waals surface area contributed by atoms with E-state index in [0.29, 0.717) is 18.0 Å². The lowest BCUT2D eigenvalue weighted by atomic mass is 10.3. The number of hydrogen-bond donors (Lipinski definition) is 1. The van der Waals surface area contributed by atoms with Crippen LogP contribution < -0.4 is 14.8 Å². The number of ether oxygens (including phenoxy) is 2. The molecule has 0 saturated heterocycles. The zero-order valence-electron chi connectivity index (χ0n) is 13.3. The Morgan fingerprint density at radius 2 is 1.87 bits per heavy atom. The number of carbonyl (C=O) groups is 1. The Labute approximate surface area is 141 Å². The van der Waals surface area contributed by atoms with Crippen LogP contribution in [0.3, 0.4) is 0 Å². The average molecular weight is 331 g/mol. The molecule has 0 fully saturated rings. The molecule has 0 unspecified atom stereocenters. The summed E-state index contributed by atoms with van der Waals surface area (Å²) in [6.07, 6.45) is -0.552. The van der Waals surface area contributed by atoms with Gasteiger partial charge < -0.3 is 14.8 Å². The molecule has 0 spiro atoms. The van der Waals surface area contributed by atoms with Gasteiger partial charge in [0, 0.05) is 23.3 Å². The van der Waals surface area contributed by atoms with Crippen molar-refractivity contribution in [1.82, 2.24) is 5.32 Å². The smallest absolute Gasteiger partial charge is 0.260 e. The van der Waals surface area contributed by atoms with E-state index < -0.39 is 6.10 Å². The van der Waals surface area contributed by atoms with Crippen molar-refractivity contribution in [2.75, 3.05) is 19.4 Å². The lowest BCUT2D eigenvalue weighted by molar-refractivity contribution is -0.127. The SMILES string of the molecule is COc1cccc(O[C@@H](C)C(=O)NCCSc2ccccc2)c1. The minimum absolute atomic E-state index is 0.124. The molecule has 23 heavy (non-hydrogen) atoms. The van der Waals surface area contributed by atoms with E-state index in [1.807, 2.05) is 30.3 Å². The zero-order valence-corrected chi connectivity index (χ0v) is 14.1. The summed E-state index contributed by atoms with van der Waals surface area (Å²) in [6.45, 7) is 2.34. The van der Waals surface area contributed by atoms with Crippen LogP contribution in [0.1, 0.15) is 6.92 Å². The second kappa shape index (κ2) is 9.10. The summed E-state index contributed by atoms with van der Waals surface area (Å²) in [5.74, 6) is 2.02. The van der Waals surface area contributed by atoms with Crippen LogP contribution >= 0.6 is 11.8 Å². The molecule has 1 N–H and O–H groups in total. The van der Waals surface area contributed by atoms with Crippen LogP contribution in [0.25, 0.3) is 0 Å². The summed E-state index contributed by atoms with van der Waals surface area (Å²) in [5.41, 5.74) is 0. The summed E-state index contributed by atoms with van der Waals surface area (Å²) < 4.78 is 10.8. The van der Waals surface area contributed by atoms with Gasteiger partial charge in [0.2, 0.25) is 0 Å². The minimum atomic E-state index is -0.552. The van der Waals surface area contributed by atoms with E-state index >= 15 is 0 Å². The third kappa shape index (κ3) is 5.87. The number of carbonyl (C=O) groups excluding carboxylic acids is 1. The van der Waals surface area contributed by atoms with Crippen molar-refractivity contribution in [3.05, 3.63) is 54.6 Å². The van der Waals surface area contributed by atoms with Gasteiger partial charge in [0.15, 0.2) is 6.10 Å². The number of nitrogens with one attached hydrogen (secondary N) is 1. The van der Waals surface area contributed by atoms with Crippen LogP contribution in [0.2, 0.25) is 0 Å². The number of benzene rings is 2. The van der Waals surface area contributed by atoms with E-state index in [4.69, 9.17) is 9.47 Å². The fourth-order valence-electron chi connectivity index (χ4n) is 1.94. The first kappa shape index (κ1) is 17.2. The second-order valence-corrected chi connectivity index (χ2v) is 6.06. The summed E-state index contributed by atoms with van der Waals surface area (Å²) in [4.78, 5) is 13.2. The molecule has 0 bridgehead atoms. The van der Waals surface area contributed by atoms with Crippen LogP contribution in [-0.4, -0.2) is 31.4 Å².